The van der Waals surface area contributed by atoms with Gasteiger partial charge in [-0.2, -0.15) is 5.10 Å². The van der Waals surface area contributed by atoms with E-state index in [9.17, 15) is 9.59 Å². The van der Waals surface area contributed by atoms with Crippen molar-refractivity contribution in [2.24, 2.45) is 5.92 Å². The number of nitrogens with zero attached hydrogens (tertiary/aromatic N) is 3. The van der Waals surface area contributed by atoms with Gasteiger partial charge in [0.1, 0.15) is 5.54 Å². The third kappa shape index (κ3) is 2.09. The third-order valence-electron chi connectivity index (χ3n) is 4.30. The smallest absolute Gasteiger partial charge is 0.252 e. The van der Waals surface area contributed by atoms with Crippen LogP contribution in [0.15, 0.2) is 12.4 Å². The highest BCUT2D eigenvalue weighted by Gasteiger charge is 2.51. The van der Waals surface area contributed by atoms with E-state index in [1.807, 2.05) is 20.0 Å². The minimum Gasteiger partial charge on any atom is -0.342 e. The topological polar surface area (TPSA) is 67.2 Å². The number of carbonyl (C=O) groups is 2. The Kier molecular flexibility index (Phi) is 3.03. The lowest BCUT2D eigenvalue weighted by Crippen LogP contribution is -2.56. The molecule has 2 fully saturated rings. The van der Waals surface area contributed by atoms with Gasteiger partial charge < -0.3 is 10.2 Å². The average Bonchev–Trinajstić information content (AvgIpc) is 3.19. The summed E-state index contributed by atoms with van der Waals surface area (Å²) < 4.78 is 1.79. The van der Waals surface area contributed by atoms with Crippen LogP contribution in [0.1, 0.15) is 33.1 Å². The predicted molar refractivity (Wildman–Crippen MR) is 74.1 cm³/mol. The van der Waals surface area contributed by atoms with Gasteiger partial charge in [0.25, 0.3) is 5.91 Å². The number of carbonyl (C=O) groups excluding carboxylic acids is 2. The van der Waals surface area contributed by atoms with Gasteiger partial charge in [0, 0.05) is 25.7 Å². The van der Waals surface area contributed by atoms with Crippen LogP contribution in [-0.2, 0) is 16.1 Å². The second-order valence-corrected chi connectivity index (χ2v) is 5.79. The molecule has 1 aromatic rings. The number of hydrogen-bond donors (Lipinski definition) is 1. The first-order chi connectivity index (χ1) is 9.54. The van der Waals surface area contributed by atoms with E-state index in [0.717, 1.165) is 25.1 Å². The lowest BCUT2D eigenvalue weighted by atomic mass is 9.94. The van der Waals surface area contributed by atoms with Crippen LogP contribution in [0.25, 0.3) is 0 Å². The summed E-state index contributed by atoms with van der Waals surface area (Å²) in [5.41, 5.74) is 0.0160. The van der Waals surface area contributed by atoms with Gasteiger partial charge >= 0.3 is 0 Å². The Balaban J connectivity index is 1.93. The van der Waals surface area contributed by atoms with Crippen molar-refractivity contribution in [2.75, 3.05) is 11.4 Å². The van der Waals surface area contributed by atoms with Crippen molar-refractivity contribution in [2.45, 2.75) is 45.2 Å². The van der Waals surface area contributed by atoms with Crippen molar-refractivity contribution in [3.63, 3.8) is 0 Å². The molecular formula is C14H20N4O2. The van der Waals surface area contributed by atoms with Crippen LogP contribution < -0.4 is 10.2 Å². The molecule has 0 radical (unpaired) electrons. The van der Waals surface area contributed by atoms with Gasteiger partial charge in [0.2, 0.25) is 5.91 Å². The number of aryl methyl sites for hydroxylation is 1. The molecule has 0 aromatic carbocycles. The van der Waals surface area contributed by atoms with Crippen molar-refractivity contribution >= 4 is 17.5 Å². The fraction of sp³-hybridized carbons (Fsp3) is 0.643. The first-order valence-corrected chi connectivity index (χ1v) is 7.20. The Bertz CT molecular complexity index is 549. The molecule has 2 amide bonds. The summed E-state index contributed by atoms with van der Waals surface area (Å²) in [5, 5.41) is 7.15. The molecule has 1 atom stereocenters. The minimum atomic E-state index is -0.762. The highest BCUT2D eigenvalue weighted by atomic mass is 16.2. The molecule has 1 unspecified atom stereocenters. The molecule has 1 N–H and O–H groups in total. The van der Waals surface area contributed by atoms with E-state index in [0.29, 0.717) is 13.0 Å². The SMILES string of the molecule is CCn1cc(N2CCC(=O)NC(C)(C3CC3)C2=O)cn1. The van der Waals surface area contributed by atoms with E-state index < -0.39 is 5.54 Å². The normalized spacial score (nSPS) is 27.4. The summed E-state index contributed by atoms with van der Waals surface area (Å²) in [6, 6.07) is 0. The van der Waals surface area contributed by atoms with Gasteiger partial charge in [0.05, 0.1) is 11.9 Å². The summed E-state index contributed by atoms with van der Waals surface area (Å²) in [6.07, 6.45) is 5.91. The Hall–Kier alpha value is -1.85. The maximum Gasteiger partial charge on any atom is 0.252 e. The van der Waals surface area contributed by atoms with Gasteiger partial charge in [-0.1, -0.05) is 0 Å². The molecule has 1 aliphatic carbocycles. The maximum absolute atomic E-state index is 12.9. The molecule has 6 heteroatoms. The largest absolute Gasteiger partial charge is 0.342 e. The fourth-order valence-electron chi connectivity index (χ4n) is 2.85. The number of rotatable bonds is 3. The number of amides is 2. The van der Waals surface area contributed by atoms with Gasteiger partial charge in [0.15, 0.2) is 0 Å². The van der Waals surface area contributed by atoms with Crippen LogP contribution in [0.4, 0.5) is 5.69 Å². The predicted octanol–water partition coefficient (Wildman–Crippen LogP) is 0.925. The Morgan fingerprint density at radius 2 is 2.20 bits per heavy atom. The minimum absolute atomic E-state index is 0.0125. The van der Waals surface area contributed by atoms with Crippen LogP contribution in [0.5, 0.6) is 0 Å². The summed E-state index contributed by atoms with van der Waals surface area (Å²) >= 11 is 0. The maximum atomic E-state index is 12.9. The number of aromatic nitrogens is 2. The van der Waals surface area contributed by atoms with Gasteiger partial charge in [-0.25, -0.2) is 0 Å². The van der Waals surface area contributed by atoms with Crippen molar-refractivity contribution in [3.05, 3.63) is 12.4 Å². The lowest BCUT2D eigenvalue weighted by Gasteiger charge is -2.31. The number of nitrogens with one attached hydrogen (secondary N) is 1. The van der Waals surface area contributed by atoms with Gasteiger partial charge in [-0.3, -0.25) is 14.3 Å². The first-order valence-electron chi connectivity index (χ1n) is 7.20. The van der Waals surface area contributed by atoms with E-state index in [-0.39, 0.29) is 17.7 Å². The highest BCUT2D eigenvalue weighted by Crippen LogP contribution is 2.41. The molecular weight excluding hydrogens is 256 g/mol. The Labute approximate surface area is 118 Å². The number of anilines is 1. The standard InChI is InChI=1S/C14H20N4O2/c1-3-17-9-11(8-15-17)18-7-6-12(19)16-14(2,13(18)20)10-4-5-10/h8-10H,3-7H2,1-2H3,(H,16,19). The number of hydrogen-bond acceptors (Lipinski definition) is 3. The first kappa shape index (κ1) is 13.1. The molecule has 20 heavy (non-hydrogen) atoms. The Morgan fingerprint density at radius 3 is 2.80 bits per heavy atom. The zero-order valence-electron chi connectivity index (χ0n) is 11.9. The molecule has 1 aromatic heterocycles. The highest BCUT2D eigenvalue weighted by molar-refractivity contribution is 6.04. The van der Waals surface area contributed by atoms with Crippen molar-refractivity contribution < 1.29 is 9.59 Å². The van der Waals surface area contributed by atoms with Crippen LogP contribution >= 0.6 is 0 Å². The lowest BCUT2D eigenvalue weighted by molar-refractivity contribution is -0.130. The van der Waals surface area contributed by atoms with Crippen LogP contribution in [0, 0.1) is 5.92 Å². The van der Waals surface area contributed by atoms with Crippen LogP contribution in [0.2, 0.25) is 0 Å². The van der Waals surface area contributed by atoms with Crippen LogP contribution in [-0.4, -0.2) is 33.7 Å². The summed E-state index contributed by atoms with van der Waals surface area (Å²) in [4.78, 5) is 26.5. The fourth-order valence-corrected chi connectivity index (χ4v) is 2.85. The average molecular weight is 276 g/mol. The second-order valence-electron chi connectivity index (χ2n) is 5.79. The van der Waals surface area contributed by atoms with Gasteiger partial charge in [-0.05, 0) is 32.6 Å². The van der Waals surface area contributed by atoms with Crippen molar-refractivity contribution in [1.29, 1.82) is 0 Å². The molecule has 108 valence electrons. The zero-order valence-corrected chi connectivity index (χ0v) is 11.9. The molecule has 2 aliphatic rings. The van der Waals surface area contributed by atoms with Crippen LogP contribution in [0.3, 0.4) is 0 Å². The van der Waals surface area contributed by atoms with E-state index in [2.05, 4.69) is 10.4 Å². The summed E-state index contributed by atoms with van der Waals surface area (Å²) in [7, 11) is 0. The molecule has 1 saturated heterocycles. The van der Waals surface area contributed by atoms with Crippen molar-refractivity contribution in [1.82, 2.24) is 15.1 Å². The summed E-state index contributed by atoms with van der Waals surface area (Å²) in [6.45, 7) is 5.04. The molecule has 3 rings (SSSR count). The quantitative estimate of drug-likeness (QED) is 0.893. The zero-order chi connectivity index (χ0) is 14.3. The third-order valence-corrected chi connectivity index (χ3v) is 4.30. The molecule has 6 nitrogen and oxygen atoms in total. The van der Waals surface area contributed by atoms with E-state index in [1.54, 1.807) is 15.8 Å². The van der Waals surface area contributed by atoms with E-state index in [4.69, 9.17) is 0 Å². The van der Waals surface area contributed by atoms with E-state index >= 15 is 0 Å². The molecule has 1 aliphatic heterocycles. The van der Waals surface area contributed by atoms with Gasteiger partial charge in [-0.15, -0.1) is 0 Å². The molecule has 0 spiro atoms. The Morgan fingerprint density at radius 1 is 1.45 bits per heavy atom. The molecule has 1 saturated carbocycles. The van der Waals surface area contributed by atoms with E-state index in [1.165, 1.54) is 0 Å². The second kappa shape index (κ2) is 4.61. The van der Waals surface area contributed by atoms with Crippen molar-refractivity contribution in [3.8, 4) is 0 Å². The monoisotopic (exact) mass is 276 g/mol. The summed E-state index contributed by atoms with van der Waals surface area (Å²) in [5.74, 6) is 0.209. The molecule has 0 bridgehead atoms. The molecule has 2 heterocycles.